The molecule has 0 radical (unpaired) electrons. The molecule has 0 spiro atoms. The van der Waals surface area contributed by atoms with Crippen LogP contribution in [0.15, 0.2) is 17.5 Å². The SMILES string of the molecule is CC.O=C1CCC(NC(=O)C2=CCCC(F)=[C-]2)C(=O)N1.[W]. The monoisotopic (exact) mass is 465 g/mol. The summed E-state index contributed by atoms with van der Waals surface area (Å²) in [5.41, 5.74) is 0.100. The Balaban J connectivity index is 0.00000128. The number of amides is 3. The number of rotatable bonds is 2. The minimum atomic E-state index is -0.747. The fourth-order valence-electron chi connectivity index (χ4n) is 1.82. The van der Waals surface area contributed by atoms with E-state index in [0.29, 0.717) is 6.42 Å². The third-order valence-electron chi connectivity index (χ3n) is 2.77. The quantitative estimate of drug-likeness (QED) is 0.478. The largest absolute Gasteiger partial charge is 0.394 e. The van der Waals surface area contributed by atoms with Crippen LogP contribution >= 0.6 is 0 Å². The molecule has 116 valence electrons. The minimum absolute atomic E-state index is 0. The molecule has 5 nitrogen and oxygen atoms in total. The molecule has 3 amide bonds. The van der Waals surface area contributed by atoms with Crippen molar-refractivity contribution in [3.05, 3.63) is 23.6 Å². The van der Waals surface area contributed by atoms with E-state index < -0.39 is 23.7 Å². The molecule has 2 rings (SSSR count). The summed E-state index contributed by atoms with van der Waals surface area (Å²) in [5, 5.41) is 4.60. The van der Waals surface area contributed by atoms with Gasteiger partial charge in [-0.25, -0.2) is 4.39 Å². The molecule has 0 aromatic carbocycles. The summed E-state index contributed by atoms with van der Waals surface area (Å²) in [6.07, 6.45) is 5.03. The minimum Gasteiger partial charge on any atom is -0.394 e. The van der Waals surface area contributed by atoms with E-state index in [9.17, 15) is 18.8 Å². The Labute approximate surface area is 137 Å². The van der Waals surface area contributed by atoms with Gasteiger partial charge in [-0.3, -0.25) is 14.9 Å². The fraction of sp³-hybridized carbons (Fsp3) is 0.500. The Kier molecular flexibility index (Phi) is 9.02. The normalized spacial score (nSPS) is 20.8. The van der Waals surface area contributed by atoms with Crippen molar-refractivity contribution in [3.8, 4) is 0 Å². The van der Waals surface area contributed by atoms with Crippen molar-refractivity contribution in [2.75, 3.05) is 0 Å². The van der Waals surface area contributed by atoms with Crippen molar-refractivity contribution in [3.63, 3.8) is 0 Å². The zero-order chi connectivity index (χ0) is 15.1. The summed E-state index contributed by atoms with van der Waals surface area (Å²) >= 11 is 0. The first kappa shape index (κ1) is 19.7. The number of allylic oxidation sites excluding steroid dienone is 2. The zero-order valence-corrected chi connectivity index (χ0v) is 14.9. The van der Waals surface area contributed by atoms with E-state index in [0.717, 1.165) is 0 Å². The Morgan fingerprint density at radius 3 is 2.62 bits per heavy atom. The predicted octanol–water partition coefficient (Wildman–Crippen LogP) is 1.31. The van der Waals surface area contributed by atoms with Crippen molar-refractivity contribution >= 4 is 17.7 Å². The molecule has 21 heavy (non-hydrogen) atoms. The third kappa shape index (κ3) is 5.92. The molecular formula is C14H18FN2O3W-. The molecule has 1 atom stereocenters. The summed E-state index contributed by atoms with van der Waals surface area (Å²) in [7, 11) is 0. The van der Waals surface area contributed by atoms with Crippen LogP contribution in [0.1, 0.15) is 39.5 Å². The summed E-state index contributed by atoms with van der Waals surface area (Å²) < 4.78 is 13.0. The molecule has 2 N–H and O–H groups in total. The average Bonchev–Trinajstić information content (AvgIpc) is 2.44. The van der Waals surface area contributed by atoms with Crippen LogP contribution in [0.2, 0.25) is 0 Å². The first-order valence-electron chi connectivity index (χ1n) is 6.69. The van der Waals surface area contributed by atoms with E-state index in [-0.39, 0.29) is 51.8 Å². The Bertz CT molecular complexity index is 475. The summed E-state index contributed by atoms with van der Waals surface area (Å²) in [6.45, 7) is 4.00. The molecule has 0 aromatic heterocycles. The van der Waals surface area contributed by atoms with Crippen molar-refractivity contribution in [2.24, 2.45) is 0 Å². The molecule has 0 bridgehead atoms. The molecule has 1 aliphatic carbocycles. The molecule has 0 aromatic rings. The molecule has 7 heteroatoms. The topological polar surface area (TPSA) is 75.3 Å². The van der Waals surface area contributed by atoms with Crippen molar-refractivity contribution in [1.29, 1.82) is 0 Å². The van der Waals surface area contributed by atoms with Gasteiger partial charge < -0.3 is 10.1 Å². The van der Waals surface area contributed by atoms with Gasteiger partial charge in [0.1, 0.15) is 5.91 Å². The second-order valence-corrected chi connectivity index (χ2v) is 4.16. The first-order chi connectivity index (χ1) is 9.56. The molecule has 1 saturated heterocycles. The van der Waals surface area contributed by atoms with Crippen molar-refractivity contribution in [1.82, 2.24) is 10.6 Å². The van der Waals surface area contributed by atoms with Gasteiger partial charge in [-0.2, -0.15) is 6.08 Å². The number of hydrogen-bond donors (Lipinski definition) is 2. The van der Waals surface area contributed by atoms with E-state index in [2.05, 4.69) is 16.7 Å². The maximum atomic E-state index is 13.0. The second-order valence-electron chi connectivity index (χ2n) is 4.16. The van der Waals surface area contributed by atoms with Gasteiger partial charge in [0.2, 0.25) is 11.8 Å². The number of nitrogens with one attached hydrogen (secondary N) is 2. The van der Waals surface area contributed by atoms with Crippen LogP contribution in [0.4, 0.5) is 4.39 Å². The number of carbonyl (C=O) groups is 3. The van der Waals surface area contributed by atoms with E-state index in [1.807, 2.05) is 13.8 Å². The predicted molar refractivity (Wildman–Crippen MR) is 70.8 cm³/mol. The van der Waals surface area contributed by atoms with Crippen LogP contribution in [0.25, 0.3) is 0 Å². The molecular weight excluding hydrogens is 447 g/mol. The number of hydrogen-bond acceptors (Lipinski definition) is 3. The smallest absolute Gasteiger partial charge is 0.248 e. The summed E-state index contributed by atoms with van der Waals surface area (Å²) in [6, 6.07) is -0.747. The Morgan fingerprint density at radius 2 is 2.05 bits per heavy atom. The van der Waals surface area contributed by atoms with Crippen LogP contribution < -0.4 is 10.6 Å². The number of imide groups is 1. The van der Waals surface area contributed by atoms with Crippen LogP contribution in [-0.2, 0) is 35.4 Å². The number of halogens is 1. The summed E-state index contributed by atoms with van der Waals surface area (Å²) in [4.78, 5) is 34.1. The first-order valence-corrected chi connectivity index (χ1v) is 6.69. The van der Waals surface area contributed by atoms with E-state index in [1.165, 1.54) is 0 Å². The van der Waals surface area contributed by atoms with Gasteiger partial charge in [0, 0.05) is 33.3 Å². The van der Waals surface area contributed by atoms with Gasteiger partial charge in [0.05, 0.1) is 6.04 Å². The second kappa shape index (κ2) is 9.61. The van der Waals surface area contributed by atoms with Gasteiger partial charge in [-0.05, 0) is 12.8 Å². The van der Waals surface area contributed by atoms with Gasteiger partial charge >= 0.3 is 0 Å². The fourth-order valence-corrected chi connectivity index (χ4v) is 1.82. The maximum Gasteiger partial charge on any atom is 0.248 e. The molecule has 1 fully saturated rings. The van der Waals surface area contributed by atoms with E-state index in [1.54, 1.807) is 6.08 Å². The Morgan fingerprint density at radius 1 is 1.38 bits per heavy atom. The van der Waals surface area contributed by atoms with Gasteiger partial charge in [-0.1, -0.05) is 20.3 Å². The molecule has 1 unspecified atom stereocenters. The van der Waals surface area contributed by atoms with E-state index >= 15 is 0 Å². The molecule has 1 heterocycles. The average molecular weight is 465 g/mol. The maximum absolute atomic E-state index is 13.0. The Hall–Kier alpha value is -1.29. The zero-order valence-electron chi connectivity index (χ0n) is 12.0. The van der Waals surface area contributed by atoms with Crippen LogP contribution in [-0.4, -0.2) is 23.8 Å². The standard InChI is InChI=1S/C12H12FN2O3.C2H6.W/c13-8-3-1-2-7(6-8)11(17)14-9-4-5-10(16)15-12(9)18;1-2;/h2,9H,1,3-5H2,(H,14,17)(H,15,16,18);1-2H3;/q-1;;. The molecule has 1 aliphatic heterocycles. The van der Waals surface area contributed by atoms with Gasteiger partial charge in [0.15, 0.2) is 0 Å². The van der Waals surface area contributed by atoms with Crippen molar-refractivity contribution in [2.45, 2.75) is 45.6 Å². The van der Waals surface area contributed by atoms with Crippen LogP contribution in [0.3, 0.4) is 0 Å². The van der Waals surface area contributed by atoms with Crippen molar-refractivity contribution < 1.29 is 39.8 Å². The third-order valence-corrected chi connectivity index (χ3v) is 2.77. The van der Waals surface area contributed by atoms with Gasteiger partial charge in [0.25, 0.3) is 0 Å². The van der Waals surface area contributed by atoms with E-state index in [4.69, 9.17) is 0 Å². The summed E-state index contributed by atoms with van der Waals surface area (Å²) in [5.74, 6) is -1.88. The number of carbonyl (C=O) groups excluding carboxylic acids is 3. The van der Waals surface area contributed by atoms with Crippen LogP contribution in [0, 0.1) is 6.08 Å². The number of piperidine rings is 1. The molecule has 2 aliphatic rings. The van der Waals surface area contributed by atoms with Crippen LogP contribution in [0.5, 0.6) is 0 Å². The van der Waals surface area contributed by atoms with Gasteiger partial charge in [-0.15, -0.1) is 11.6 Å². The molecule has 0 saturated carbocycles.